The summed E-state index contributed by atoms with van der Waals surface area (Å²) in [5, 5.41) is 3.21. The monoisotopic (exact) mass is 240 g/mol. The van der Waals surface area contributed by atoms with Crippen molar-refractivity contribution in [3.63, 3.8) is 0 Å². The minimum Gasteiger partial charge on any atom is -0.329 e. The predicted molar refractivity (Wildman–Crippen MR) is 63.4 cm³/mol. The molecule has 0 spiro atoms. The molecule has 0 aliphatic heterocycles. The maximum atomic E-state index is 13.6. The van der Waals surface area contributed by atoms with E-state index in [1.165, 1.54) is 12.5 Å². The van der Waals surface area contributed by atoms with Gasteiger partial charge in [-0.25, -0.2) is 8.78 Å². The highest BCUT2D eigenvalue weighted by atomic mass is 19.1. The van der Waals surface area contributed by atoms with E-state index in [-0.39, 0.29) is 12.6 Å². The molecule has 0 heterocycles. The van der Waals surface area contributed by atoms with Crippen molar-refractivity contribution in [2.45, 2.75) is 19.4 Å². The summed E-state index contributed by atoms with van der Waals surface area (Å²) in [6.45, 7) is 3.27. The van der Waals surface area contributed by atoms with Gasteiger partial charge >= 0.3 is 0 Å². The molecule has 1 aliphatic carbocycles. The molecule has 2 nitrogen and oxygen atoms in total. The largest absolute Gasteiger partial charge is 0.329 e. The van der Waals surface area contributed by atoms with Gasteiger partial charge < -0.3 is 11.1 Å². The fourth-order valence-corrected chi connectivity index (χ4v) is 2.08. The van der Waals surface area contributed by atoms with E-state index in [9.17, 15) is 8.78 Å². The van der Waals surface area contributed by atoms with Gasteiger partial charge in [0.1, 0.15) is 11.6 Å². The number of nitrogens with one attached hydrogen (secondary N) is 1. The van der Waals surface area contributed by atoms with Crippen LogP contribution in [0.25, 0.3) is 0 Å². The quantitative estimate of drug-likeness (QED) is 0.828. The number of hydrogen-bond donors (Lipinski definition) is 2. The molecule has 0 bridgehead atoms. The summed E-state index contributed by atoms with van der Waals surface area (Å²) in [5.74, 6) is 0.554. The zero-order chi connectivity index (χ0) is 12.4. The molecule has 0 amide bonds. The highest BCUT2D eigenvalue weighted by Crippen LogP contribution is 2.37. The van der Waals surface area contributed by atoms with Gasteiger partial charge in [-0.05, 0) is 43.0 Å². The van der Waals surface area contributed by atoms with Crippen LogP contribution >= 0.6 is 0 Å². The Morgan fingerprint density at radius 3 is 2.76 bits per heavy atom. The first kappa shape index (κ1) is 12.5. The van der Waals surface area contributed by atoms with Gasteiger partial charge in [-0.15, -0.1) is 0 Å². The summed E-state index contributed by atoms with van der Waals surface area (Å²) in [6, 6.07) is 3.18. The van der Waals surface area contributed by atoms with E-state index >= 15 is 0 Å². The zero-order valence-electron chi connectivity index (χ0n) is 9.92. The summed E-state index contributed by atoms with van der Waals surface area (Å²) < 4.78 is 26.6. The van der Waals surface area contributed by atoms with Crippen LogP contribution in [0.15, 0.2) is 18.2 Å². The molecule has 3 atom stereocenters. The molecular formula is C13H18F2N2. The lowest BCUT2D eigenvalue weighted by Crippen LogP contribution is -2.30. The van der Waals surface area contributed by atoms with Crippen molar-refractivity contribution < 1.29 is 8.78 Å². The topological polar surface area (TPSA) is 38.0 Å². The van der Waals surface area contributed by atoms with Crippen LogP contribution in [0.5, 0.6) is 0 Å². The van der Waals surface area contributed by atoms with Crippen LogP contribution in [0.2, 0.25) is 0 Å². The second-order valence-electron chi connectivity index (χ2n) is 4.84. The minimum absolute atomic E-state index is 0.265. The normalized spacial score (nSPS) is 24.7. The van der Waals surface area contributed by atoms with Crippen LogP contribution < -0.4 is 11.1 Å². The molecule has 1 aromatic rings. The third-order valence-corrected chi connectivity index (χ3v) is 3.47. The van der Waals surface area contributed by atoms with Gasteiger partial charge in [0.15, 0.2) is 0 Å². The average molecular weight is 240 g/mol. The van der Waals surface area contributed by atoms with Crippen LogP contribution in [0.4, 0.5) is 8.78 Å². The van der Waals surface area contributed by atoms with Gasteiger partial charge in [0.25, 0.3) is 0 Å². The molecule has 3 unspecified atom stereocenters. The minimum atomic E-state index is -0.429. The second kappa shape index (κ2) is 5.10. The van der Waals surface area contributed by atoms with E-state index in [4.69, 9.17) is 5.73 Å². The number of halogens is 2. The first-order chi connectivity index (χ1) is 8.11. The average Bonchev–Trinajstić information content (AvgIpc) is 3.00. The zero-order valence-corrected chi connectivity index (χ0v) is 9.92. The maximum absolute atomic E-state index is 13.6. The molecule has 3 N–H and O–H groups in total. The molecule has 4 heteroatoms. The first-order valence-electron chi connectivity index (χ1n) is 6.00. The number of hydrogen-bond acceptors (Lipinski definition) is 2. The lowest BCUT2D eigenvalue weighted by Gasteiger charge is -2.18. The Hall–Kier alpha value is -1.00. The van der Waals surface area contributed by atoms with Crippen molar-refractivity contribution in [1.82, 2.24) is 5.32 Å². The van der Waals surface area contributed by atoms with Crippen LogP contribution in [0.3, 0.4) is 0 Å². The van der Waals surface area contributed by atoms with E-state index < -0.39 is 11.6 Å². The van der Waals surface area contributed by atoms with Crippen molar-refractivity contribution in [3.05, 3.63) is 35.4 Å². The van der Waals surface area contributed by atoms with Gasteiger partial charge in [0.2, 0.25) is 0 Å². The Morgan fingerprint density at radius 1 is 1.47 bits per heavy atom. The number of rotatable bonds is 5. The summed E-state index contributed by atoms with van der Waals surface area (Å²) >= 11 is 0. The summed E-state index contributed by atoms with van der Waals surface area (Å²) in [5.41, 5.74) is 5.93. The van der Waals surface area contributed by atoms with E-state index in [0.29, 0.717) is 11.5 Å². The SMILES string of the molecule is CC1CC1CNC(CN)c1cc(F)ccc1F. The Bertz CT molecular complexity index is 395. The van der Waals surface area contributed by atoms with Gasteiger partial charge in [-0.1, -0.05) is 6.92 Å². The van der Waals surface area contributed by atoms with Gasteiger partial charge in [0, 0.05) is 18.2 Å². The summed E-state index contributed by atoms with van der Waals surface area (Å²) in [4.78, 5) is 0. The van der Waals surface area contributed by atoms with Crippen molar-refractivity contribution in [2.24, 2.45) is 17.6 Å². The molecule has 17 heavy (non-hydrogen) atoms. The molecule has 1 aromatic carbocycles. The molecule has 2 rings (SSSR count). The molecule has 0 aromatic heterocycles. The Morgan fingerprint density at radius 2 is 2.18 bits per heavy atom. The fourth-order valence-electron chi connectivity index (χ4n) is 2.08. The standard InChI is InChI=1S/C13H18F2N2/c1-8-4-9(8)7-17-13(6-16)11-5-10(14)2-3-12(11)15/h2-3,5,8-9,13,17H,4,6-7,16H2,1H3. The van der Waals surface area contributed by atoms with Crippen molar-refractivity contribution in [1.29, 1.82) is 0 Å². The molecular weight excluding hydrogens is 222 g/mol. The highest BCUT2D eigenvalue weighted by molar-refractivity contribution is 5.22. The van der Waals surface area contributed by atoms with E-state index in [0.717, 1.165) is 24.6 Å². The van der Waals surface area contributed by atoms with Crippen molar-refractivity contribution in [2.75, 3.05) is 13.1 Å². The third kappa shape index (κ3) is 3.01. The smallest absolute Gasteiger partial charge is 0.128 e. The van der Waals surface area contributed by atoms with Crippen LogP contribution in [0, 0.1) is 23.5 Å². The molecule has 0 radical (unpaired) electrons. The Kier molecular flexibility index (Phi) is 3.74. The van der Waals surface area contributed by atoms with Crippen LogP contribution in [-0.4, -0.2) is 13.1 Å². The maximum Gasteiger partial charge on any atom is 0.128 e. The first-order valence-corrected chi connectivity index (χ1v) is 6.00. The van der Waals surface area contributed by atoms with Crippen molar-refractivity contribution >= 4 is 0 Å². The van der Waals surface area contributed by atoms with Gasteiger partial charge in [-0.2, -0.15) is 0 Å². The molecule has 1 saturated carbocycles. The highest BCUT2D eigenvalue weighted by Gasteiger charge is 2.32. The van der Waals surface area contributed by atoms with E-state index in [1.807, 2.05) is 0 Å². The molecule has 1 aliphatic rings. The summed E-state index contributed by atoms with van der Waals surface area (Å²) in [6.07, 6.45) is 1.20. The number of benzene rings is 1. The predicted octanol–water partition coefficient (Wildman–Crippen LogP) is 2.21. The lowest BCUT2D eigenvalue weighted by molar-refractivity contribution is 0.482. The van der Waals surface area contributed by atoms with Crippen molar-refractivity contribution in [3.8, 4) is 0 Å². The third-order valence-electron chi connectivity index (χ3n) is 3.47. The summed E-state index contributed by atoms with van der Waals surface area (Å²) in [7, 11) is 0. The van der Waals surface area contributed by atoms with Crippen LogP contribution in [-0.2, 0) is 0 Å². The lowest BCUT2D eigenvalue weighted by atomic mass is 10.1. The van der Waals surface area contributed by atoms with Gasteiger partial charge in [0.05, 0.1) is 0 Å². The fraction of sp³-hybridized carbons (Fsp3) is 0.538. The number of nitrogens with two attached hydrogens (primary N) is 1. The second-order valence-corrected chi connectivity index (χ2v) is 4.84. The molecule has 94 valence electrons. The van der Waals surface area contributed by atoms with Crippen LogP contribution in [0.1, 0.15) is 24.9 Å². The molecule has 1 fully saturated rings. The van der Waals surface area contributed by atoms with E-state index in [1.54, 1.807) is 0 Å². The Labute approximate surface area is 100 Å². The van der Waals surface area contributed by atoms with E-state index in [2.05, 4.69) is 12.2 Å². The van der Waals surface area contributed by atoms with Gasteiger partial charge in [-0.3, -0.25) is 0 Å². The molecule has 0 saturated heterocycles. The Balaban J connectivity index is 2.03.